The third kappa shape index (κ3) is 7.83. The van der Waals surface area contributed by atoms with Crippen molar-refractivity contribution in [3.05, 3.63) is 33.8 Å². The van der Waals surface area contributed by atoms with Crippen molar-refractivity contribution in [3.8, 4) is 0 Å². The van der Waals surface area contributed by atoms with E-state index in [0.29, 0.717) is 35.6 Å². The Bertz CT molecular complexity index is 770. The van der Waals surface area contributed by atoms with Crippen molar-refractivity contribution in [1.82, 2.24) is 14.9 Å². The fraction of sp³-hybridized carbons (Fsp3) is 0.588. The van der Waals surface area contributed by atoms with Crippen LogP contribution in [0.1, 0.15) is 19.4 Å². The first kappa shape index (κ1) is 25.7. The van der Waals surface area contributed by atoms with Gasteiger partial charge in [0, 0.05) is 43.3 Å². The van der Waals surface area contributed by atoms with Crippen molar-refractivity contribution >= 4 is 63.2 Å². The van der Waals surface area contributed by atoms with E-state index in [1.165, 1.54) is 4.31 Å². The second kappa shape index (κ2) is 11.8. The lowest BCUT2D eigenvalue weighted by atomic mass is 10.2. The maximum absolute atomic E-state index is 12.5. The number of halogens is 3. The summed E-state index contributed by atoms with van der Waals surface area (Å²) in [5, 5.41) is 7.26. The molecule has 7 nitrogen and oxygen atoms in total. The molecule has 1 aromatic rings. The van der Waals surface area contributed by atoms with Crippen molar-refractivity contribution in [1.29, 1.82) is 0 Å². The Balaban J connectivity index is 0.00000392. The number of hydrogen-bond donors (Lipinski definition) is 2. The van der Waals surface area contributed by atoms with E-state index in [0.717, 1.165) is 5.56 Å². The number of aliphatic imine (C=N–C) groups is 1. The molecule has 0 aromatic heterocycles. The summed E-state index contributed by atoms with van der Waals surface area (Å²) in [6.45, 7) is 5.22. The fourth-order valence-corrected chi connectivity index (χ4v) is 4.82. The summed E-state index contributed by atoms with van der Waals surface area (Å²) in [5.74, 6) is 0.481. The van der Waals surface area contributed by atoms with Gasteiger partial charge in [-0.15, -0.1) is 24.0 Å². The molecule has 28 heavy (non-hydrogen) atoms. The van der Waals surface area contributed by atoms with Crippen LogP contribution in [0.25, 0.3) is 0 Å². The molecular formula is C17H27Cl2IN4O3S. The average Bonchev–Trinajstić information content (AvgIpc) is 2.58. The number of morpholine rings is 1. The van der Waals surface area contributed by atoms with Gasteiger partial charge in [-0.05, 0) is 31.5 Å². The second-order valence-corrected chi connectivity index (χ2v) is 9.41. The van der Waals surface area contributed by atoms with Gasteiger partial charge in [-0.3, -0.25) is 4.99 Å². The molecular weight excluding hydrogens is 538 g/mol. The van der Waals surface area contributed by atoms with Crippen LogP contribution >= 0.6 is 47.2 Å². The Morgan fingerprint density at radius 2 is 1.89 bits per heavy atom. The van der Waals surface area contributed by atoms with Gasteiger partial charge in [-0.25, -0.2) is 8.42 Å². The Morgan fingerprint density at radius 3 is 2.46 bits per heavy atom. The highest BCUT2D eigenvalue weighted by Crippen LogP contribution is 2.20. The summed E-state index contributed by atoms with van der Waals surface area (Å²) in [6, 6.07) is 5.26. The van der Waals surface area contributed by atoms with Crippen molar-refractivity contribution < 1.29 is 13.2 Å². The molecule has 0 amide bonds. The number of ether oxygens (including phenoxy) is 1. The van der Waals surface area contributed by atoms with Gasteiger partial charge in [0.1, 0.15) is 0 Å². The zero-order valence-corrected chi connectivity index (χ0v) is 20.8. The first-order valence-electron chi connectivity index (χ1n) is 8.73. The molecule has 2 rings (SSSR count). The van der Waals surface area contributed by atoms with Gasteiger partial charge in [0.05, 0.1) is 18.0 Å². The van der Waals surface area contributed by atoms with Crippen molar-refractivity contribution in [3.63, 3.8) is 0 Å². The molecule has 1 aliphatic rings. The van der Waals surface area contributed by atoms with E-state index >= 15 is 0 Å². The highest BCUT2D eigenvalue weighted by molar-refractivity contribution is 14.0. The van der Waals surface area contributed by atoms with E-state index in [-0.39, 0.29) is 48.5 Å². The van der Waals surface area contributed by atoms with Crippen LogP contribution in [-0.2, 0) is 21.3 Å². The highest BCUT2D eigenvalue weighted by atomic mass is 127. The minimum Gasteiger partial charge on any atom is -0.373 e. The van der Waals surface area contributed by atoms with E-state index < -0.39 is 10.0 Å². The van der Waals surface area contributed by atoms with E-state index in [9.17, 15) is 8.42 Å². The SMILES string of the molecule is CN=C(NCCS(=O)(=O)N1CC(C)OC(C)C1)NCc1ccc(Cl)cc1Cl.I. The monoisotopic (exact) mass is 564 g/mol. The summed E-state index contributed by atoms with van der Waals surface area (Å²) in [7, 11) is -1.74. The molecule has 0 bridgehead atoms. The molecule has 160 valence electrons. The number of benzene rings is 1. The predicted molar refractivity (Wildman–Crippen MR) is 125 cm³/mol. The number of guanidine groups is 1. The first-order chi connectivity index (χ1) is 12.7. The maximum Gasteiger partial charge on any atom is 0.216 e. The Labute approximate surface area is 194 Å². The largest absolute Gasteiger partial charge is 0.373 e. The highest BCUT2D eigenvalue weighted by Gasteiger charge is 2.30. The standard InChI is InChI=1S/C17H26Cl2N4O3S.HI/c1-12-10-23(11-13(2)26-12)27(24,25)7-6-21-17(20-3)22-9-14-4-5-15(18)8-16(14)19;/h4-5,8,12-13H,6-7,9-11H2,1-3H3,(H2,20,21,22);1H. The summed E-state index contributed by atoms with van der Waals surface area (Å²) in [5.41, 5.74) is 0.868. The molecule has 2 N–H and O–H groups in total. The van der Waals surface area contributed by atoms with Crippen molar-refractivity contribution in [2.24, 2.45) is 4.99 Å². The normalized spacial score (nSPS) is 21.1. The molecule has 0 spiro atoms. The van der Waals surface area contributed by atoms with E-state index in [1.807, 2.05) is 19.9 Å². The van der Waals surface area contributed by atoms with E-state index in [4.69, 9.17) is 27.9 Å². The predicted octanol–water partition coefficient (Wildman–Crippen LogP) is 2.72. The third-order valence-corrected chi connectivity index (χ3v) is 6.51. The Kier molecular flexibility index (Phi) is 10.8. The topological polar surface area (TPSA) is 83.0 Å². The molecule has 1 aliphatic heterocycles. The van der Waals surface area contributed by atoms with Gasteiger partial charge < -0.3 is 15.4 Å². The van der Waals surface area contributed by atoms with Crippen LogP contribution in [0.15, 0.2) is 23.2 Å². The summed E-state index contributed by atoms with van der Waals surface area (Å²) in [4.78, 5) is 4.10. The molecule has 2 unspecified atom stereocenters. The van der Waals surface area contributed by atoms with Crippen LogP contribution < -0.4 is 10.6 Å². The molecule has 1 fully saturated rings. The third-order valence-electron chi connectivity index (χ3n) is 4.12. The molecule has 1 saturated heterocycles. The van der Waals surface area contributed by atoms with Gasteiger partial charge >= 0.3 is 0 Å². The molecule has 1 aromatic carbocycles. The zero-order chi connectivity index (χ0) is 20.0. The lowest BCUT2D eigenvalue weighted by molar-refractivity contribution is -0.0440. The second-order valence-electron chi connectivity index (χ2n) is 6.48. The van der Waals surface area contributed by atoms with Crippen LogP contribution in [0, 0.1) is 0 Å². The first-order valence-corrected chi connectivity index (χ1v) is 11.1. The van der Waals surface area contributed by atoms with Crippen LogP contribution in [-0.4, -0.2) is 63.3 Å². The quantitative estimate of drug-likeness (QED) is 0.315. The van der Waals surface area contributed by atoms with Crippen LogP contribution in [0.5, 0.6) is 0 Å². The number of rotatable bonds is 6. The smallest absolute Gasteiger partial charge is 0.216 e. The molecule has 11 heteroatoms. The minimum atomic E-state index is -3.36. The molecule has 1 heterocycles. The minimum absolute atomic E-state index is 0. The average molecular weight is 565 g/mol. The Morgan fingerprint density at radius 1 is 1.25 bits per heavy atom. The lowest BCUT2D eigenvalue weighted by Crippen LogP contribution is -2.50. The lowest BCUT2D eigenvalue weighted by Gasteiger charge is -2.34. The number of hydrogen-bond acceptors (Lipinski definition) is 4. The molecule has 2 atom stereocenters. The zero-order valence-electron chi connectivity index (χ0n) is 16.1. The maximum atomic E-state index is 12.5. The number of sulfonamides is 1. The summed E-state index contributed by atoms with van der Waals surface area (Å²) >= 11 is 12.0. The van der Waals surface area contributed by atoms with E-state index in [2.05, 4.69) is 15.6 Å². The van der Waals surface area contributed by atoms with Crippen LogP contribution in [0.3, 0.4) is 0 Å². The summed E-state index contributed by atoms with van der Waals surface area (Å²) in [6.07, 6.45) is -0.204. The summed E-state index contributed by atoms with van der Waals surface area (Å²) < 4.78 is 32.2. The van der Waals surface area contributed by atoms with Gasteiger partial charge in [0.25, 0.3) is 0 Å². The number of nitrogens with zero attached hydrogens (tertiary/aromatic N) is 2. The van der Waals surface area contributed by atoms with E-state index in [1.54, 1.807) is 19.2 Å². The van der Waals surface area contributed by atoms with Gasteiger partial charge in [-0.2, -0.15) is 4.31 Å². The van der Waals surface area contributed by atoms with Crippen molar-refractivity contribution in [2.75, 3.05) is 32.4 Å². The van der Waals surface area contributed by atoms with Crippen LogP contribution in [0.2, 0.25) is 10.0 Å². The molecule has 0 radical (unpaired) electrons. The van der Waals surface area contributed by atoms with Gasteiger partial charge in [-0.1, -0.05) is 29.3 Å². The van der Waals surface area contributed by atoms with Crippen molar-refractivity contribution in [2.45, 2.75) is 32.6 Å². The Hall–Kier alpha value is -0.330. The molecule has 0 saturated carbocycles. The number of nitrogens with one attached hydrogen (secondary N) is 2. The fourth-order valence-electron chi connectivity index (χ4n) is 2.85. The molecule has 0 aliphatic carbocycles. The van der Waals surface area contributed by atoms with Gasteiger partial charge in [0.15, 0.2) is 5.96 Å². The van der Waals surface area contributed by atoms with Crippen LogP contribution in [0.4, 0.5) is 0 Å². The van der Waals surface area contributed by atoms with Gasteiger partial charge in [0.2, 0.25) is 10.0 Å².